The van der Waals surface area contributed by atoms with Crippen LogP contribution < -0.4 is 0 Å². The lowest BCUT2D eigenvalue weighted by molar-refractivity contribution is 0.173. The Bertz CT molecular complexity index is 399. The molecule has 1 aliphatic heterocycles. The van der Waals surface area contributed by atoms with Crippen molar-refractivity contribution >= 4 is 0 Å². The average Bonchev–Trinajstić information content (AvgIpc) is 2.45. The predicted octanol–water partition coefficient (Wildman–Crippen LogP) is 4.65. The summed E-state index contributed by atoms with van der Waals surface area (Å²) in [5, 5.41) is 0. The first-order valence-electron chi connectivity index (χ1n) is 8.31. The predicted molar refractivity (Wildman–Crippen MR) is 88.3 cm³/mol. The average molecular weight is 273 g/mol. The lowest BCUT2D eigenvalue weighted by Crippen LogP contribution is -2.36. The Kier molecular flexibility index (Phi) is 5.26. The van der Waals surface area contributed by atoms with Crippen molar-refractivity contribution in [3.63, 3.8) is 0 Å². The largest absolute Gasteiger partial charge is 0.303 e. The zero-order chi connectivity index (χ0) is 14.6. The summed E-state index contributed by atoms with van der Waals surface area (Å²) in [7, 11) is 0. The molecule has 0 bridgehead atoms. The van der Waals surface area contributed by atoms with E-state index in [-0.39, 0.29) is 5.41 Å². The van der Waals surface area contributed by atoms with Crippen molar-refractivity contribution in [3.8, 4) is 0 Å². The van der Waals surface area contributed by atoms with Crippen LogP contribution in [0.1, 0.15) is 58.1 Å². The molecule has 1 aromatic carbocycles. The first-order valence-corrected chi connectivity index (χ1v) is 8.31. The normalized spacial score (nSPS) is 21.1. The van der Waals surface area contributed by atoms with Crippen LogP contribution >= 0.6 is 0 Å². The van der Waals surface area contributed by atoms with Crippen molar-refractivity contribution in [3.05, 3.63) is 35.4 Å². The third-order valence-corrected chi connectivity index (χ3v) is 4.72. The molecule has 0 radical (unpaired) electrons. The van der Waals surface area contributed by atoms with Crippen LogP contribution in [0.4, 0.5) is 0 Å². The van der Waals surface area contributed by atoms with Gasteiger partial charge in [0.25, 0.3) is 0 Å². The van der Waals surface area contributed by atoms with Crippen LogP contribution in [0.5, 0.6) is 0 Å². The Hall–Kier alpha value is -0.820. The molecule has 1 aromatic rings. The lowest BCUT2D eigenvalue weighted by atomic mass is 9.86. The Balaban J connectivity index is 1.85. The summed E-state index contributed by atoms with van der Waals surface area (Å²) in [5.74, 6) is 0.937. The minimum Gasteiger partial charge on any atom is -0.303 e. The van der Waals surface area contributed by atoms with Gasteiger partial charge in [-0.2, -0.15) is 0 Å². The van der Waals surface area contributed by atoms with Crippen molar-refractivity contribution in [1.29, 1.82) is 0 Å². The van der Waals surface area contributed by atoms with Gasteiger partial charge < -0.3 is 4.90 Å². The Morgan fingerprint density at radius 3 is 2.45 bits per heavy atom. The van der Waals surface area contributed by atoms with Crippen LogP contribution in [0.25, 0.3) is 0 Å². The highest BCUT2D eigenvalue weighted by Gasteiger charge is 2.18. The fraction of sp³-hybridized carbons (Fsp3) is 0.684. The summed E-state index contributed by atoms with van der Waals surface area (Å²) in [5.41, 5.74) is 3.18. The van der Waals surface area contributed by atoms with Gasteiger partial charge in [0.1, 0.15) is 0 Å². The smallest absolute Gasteiger partial charge is 0.00219 e. The molecule has 0 saturated carbocycles. The molecule has 2 rings (SSSR count). The minimum absolute atomic E-state index is 0.264. The van der Waals surface area contributed by atoms with Crippen LogP contribution in [0.2, 0.25) is 0 Å². The maximum absolute atomic E-state index is 2.66. The number of nitrogens with zero attached hydrogens (tertiary/aromatic N) is 1. The summed E-state index contributed by atoms with van der Waals surface area (Å²) in [6.45, 7) is 13.0. The molecule has 1 aliphatic rings. The molecule has 0 N–H and O–H groups in total. The van der Waals surface area contributed by atoms with Crippen LogP contribution in [0, 0.1) is 5.92 Å². The minimum atomic E-state index is 0.264. The fourth-order valence-electron chi connectivity index (χ4n) is 3.15. The van der Waals surface area contributed by atoms with Crippen LogP contribution in [0.3, 0.4) is 0 Å². The summed E-state index contributed by atoms with van der Waals surface area (Å²) in [6.07, 6.45) is 5.37. The van der Waals surface area contributed by atoms with Gasteiger partial charge >= 0.3 is 0 Å². The summed E-state index contributed by atoms with van der Waals surface area (Å²) in [6, 6.07) is 9.25. The van der Waals surface area contributed by atoms with Crippen molar-refractivity contribution in [2.75, 3.05) is 19.6 Å². The maximum Gasteiger partial charge on any atom is 0.00219 e. The molecular weight excluding hydrogens is 242 g/mol. The molecule has 1 heteroatoms. The second-order valence-electron chi connectivity index (χ2n) is 7.41. The van der Waals surface area contributed by atoms with Gasteiger partial charge in [-0.1, -0.05) is 58.4 Å². The Morgan fingerprint density at radius 1 is 1.15 bits per heavy atom. The molecule has 1 atom stereocenters. The van der Waals surface area contributed by atoms with E-state index in [4.69, 9.17) is 0 Å². The number of hydrogen-bond donors (Lipinski definition) is 0. The van der Waals surface area contributed by atoms with Crippen molar-refractivity contribution in [2.45, 2.75) is 58.8 Å². The first-order chi connectivity index (χ1) is 9.49. The fourth-order valence-corrected chi connectivity index (χ4v) is 3.15. The van der Waals surface area contributed by atoms with Gasteiger partial charge in [-0.25, -0.2) is 0 Å². The van der Waals surface area contributed by atoms with E-state index in [1.54, 1.807) is 0 Å². The molecule has 1 saturated heterocycles. The van der Waals surface area contributed by atoms with Crippen molar-refractivity contribution in [1.82, 2.24) is 4.90 Å². The van der Waals surface area contributed by atoms with Gasteiger partial charge in [0.2, 0.25) is 0 Å². The van der Waals surface area contributed by atoms with Gasteiger partial charge in [-0.05, 0) is 48.3 Å². The monoisotopic (exact) mass is 273 g/mol. The highest BCUT2D eigenvalue weighted by atomic mass is 15.1. The van der Waals surface area contributed by atoms with Gasteiger partial charge in [-0.3, -0.25) is 0 Å². The van der Waals surface area contributed by atoms with E-state index in [9.17, 15) is 0 Å². The molecular formula is C19H31N. The zero-order valence-electron chi connectivity index (χ0n) is 13.8. The van der Waals surface area contributed by atoms with E-state index < -0.39 is 0 Å². The van der Waals surface area contributed by atoms with Crippen molar-refractivity contribution < 1.29 is 0 Å². The third kappa shape index (κ3) is 4.34. The number of likely N-dealkylation sites (tertiary alicyclic amines) is 1. The number of hydrogen-bond acceptors (Lipinski definition) is 1. The quantitative estimate of drug-likeness (QED) is 0.772. The van der Waals surface area contributed by atoms with Gasteiger partial charge in [-0.15, -0.1) is 0 Å². The third-order valence-electron chi connectivity index (χ3n) is 4.72. The van der Waals surface area contributed by atoms with E-state index in [0.717, 1.165) is 5.92 Å². The Morgan fingerprint density at radius 2 is 1.85 bits per heavy atom. The SMILES string of the molecule is CCC1CCCN(CCc2ccc(C(C)(C)C)cc2)C1. The molecule has 1 unspecified atom stereocenters. The van der Waals surface area contributed by atoms with E-state index in [1.807, 2.05) is 0 Å². The number of benzene rings is 1. The maximum atomic E-state index is 2.66. The summed E-state index contributed by atoms with van der Waals surface area (Å²) in [4.78, 5) is 2.66. The topological polar surface area (TPSA) is 3.24 Å². The molecule has 0 aromatic heterocycles. The molecule has 0 amide bonds. The second-order valence-corrected chi connectivity index (χ2v) is 7.41. The number of piperidine rings is 1. The molecule has 20 heavy (non-hydrogen) atoms. The highest BCUT2D eigenvalue weighted by molar-refractivity contribution is 5.27. The molecule has 0 spiro atoms. The Labute approximate surface area is 125 Å². The second kappa shape index (κ2) is 6.76. The summed E-state index contributed by atoms with van der Waals surface area (Å²) >= 11 is 0. The molecule has 1 nitrogen and oxygen atoms in total. The van der Waals surface area contributed by atoms with Crippen molar-refractivity contribution in [2.24, 2.45) is 5.92 Å². The van der Waals surface area contributed by atoms with E-state index in [1.165, 1.54) is 56.4 Å². The van der Waals surface area contributed by atoms with Gasteiger partial charge in [0.15, 0.2) is 0 Å². The summed E-state index contributed by atoms with van der Waals surface area (Å²) < 4.78 is 0. The van der Waals surface area contributed by atoms with E-state index in [2.05, 4.69) is 56.9 Å². The van der Waals surface area contributed by atoms with Crippen LogP contribution in [-0.4, -0.2) is 24.5 Å². The van der Waals surface area contributed by atoms with Gasteiger partial charge in [0.05, 0.1) is 0 Å². The first kappa shape index (κ1) is 15.6. The van der Waals surface area contributed by atoms with Gasteiger partial charge in [0, 0.05) is 13.1 Å². The molecule has 1 heterocycles. The van der Waals surface area contributed by atoms with E-state index >= 15 is 0 Å². The van der Waals surface area contributed by atoms with Crippen LogP contribution in [0.15, 0.2) is 24.3 Å². The highest BCUT2D eigenvalue weighted by Crippen LogP contribution is 2.23. The molecule has 0 aliphatic carbocycles. The molecule has 112 valence electrons. The van der Waals surface area contributed by atoms with Crippen LogP contribution in [-0.2, 0) is 11.8 Å². The zero-order valence-corrected chi connectivity index (χ0v) is 13.8. The number of rotatable bonds is 4. The molecule has 1 fully saturated rings. The lowest BCUT2D eigenvalue weighted by Gasteiger charge is -2.32. The van der Waals surface area contributed by atoms with E-state index in [0.29, 0.717) is 0 Å². The standard InChI is InChI=1S/C19H31N/c1-5-16-7-6-13-20(15-16)14-12-17-8-10-18(11-9-17)19(2,3)4/h8-11,16H,5-7,12-15H2,1-4H3.